The Balaban J connectivity index is 1.62. The van der Waals surface area contributed by atoms with Gasteiger partial charge in [-0.3, -0.25) is 0 Å². The van der Waals surface area contributed by atoms with Crippen LogP contribution in [-0.4, -0.2) is 50.7 Å². The van der Waals surface area contributed by atoms with Crippen LogP contribution in [0.15, 0.2) is 36.4 Å². The summed E-state index contributed by atoms with van der Waals surface area (Å²) in [5.74, 6) is 0. The number of anilines is 1. The van der Waals surface area contributed by atoms with Crippen LogP contribution in [0.5, 0.6) is 0 Å². The number of benzene rings is 2. The van der Waals surface area contributed by atoms with Gasteiger partial charge in [0.1, 0.15) is 0 Å². The minimum absolute atomic E-state index is 0.701. The van der Waals surface area contributed by atoms with E-state index in [9.17, 15) is 0 Å². The molecule has 1 fully saturated rings. The average Bonchev–Trinajstić information content (AvgIpc) is 2.80. The Morgan fingerprint density at radius 3 is 2.47 bits per heavy atom. The van der Waals surface area contributed by atoms with Gasteiger partial charge in [-0.1, -0.05) is 37.3 Å². The zero-order valence-electron chi connectivity index (χ0n) is 21.2. The highest BCUT2D eigenvalue weighted by Gasteiger charge is 2.22. The number of hydrogen-bond acceptors (Lipinski definition) is 3. The first-order chi connectivity index (χ1) is 15.4. The van der Waals surface area contributed by atoms with Crippen molar-refractivity contribution in [2.75, 3.05) is 44.7 Å². The highest BCUT2D eigenvalue weighted by molar-refractivity contribution is 5.82. The summed E-state index contributed by atoms with van der Waals surface area (Å²) in [5, 5.41) is 3.53. The molecule has 1 aliphatic heterocycles. The molecule has 1 N–H and O–H groups in total. The number of likely N-dealkylation sites (N-methyl/N-ethyl adjacent to an activating group) is 1. The van der Waals surface area contributed by atoms with Gasteiger partial charge in [-0.25, -0.2) is 0 Å². The van der Waals surface area contributed by atoms with E-state index < -0.39 is 0 Å². The van der Waals surface area contributed by atoms with Crippen LogP contribution in [0.25, 0.3) is 11.6 Å². The fourth-order valence-electron chi connectivity index (χ4n) is 4.71. The molecule has 174 valence electrons. The maximum atomic E-state index is 3.53. The monoisotopic (exact) mass is 433 g/mol. The van der Waals surface area contributed by atoms with Crippen molar-refractivity contribution >= 4 is 17.3 Å². The normalized spacial score (nSPS) is 15.6. The van der Waals surface area contributed by atoms with Gasteiger partial charge in [0.2, 0.25) is 0 Å². The summed E-state index contributed by atoms with van der Waals surface area (Å²) < 4.78 is 0. The third-order valence-corrected chi connectivity index (χ3v) is 7.08. The maximum Gasteiger partial charge on any atom is 0.0372 e. The second-order valence-corrected chi connectivity index (χ2v) is 9.62. The van der Waals surface area contributed by atoms with Gasteiger partial charge in [0.15, 0.2) is 0 Å². The molecular weight excluding hydrogens is 390 g/mol. The number of allylic oxidation sites excluding steroid dienone is 1. The van der Waals surface area contributed by atoms with Crippen molar-refractivity contribution in [1.29, 1.82) is 0 Å². The molecule has 0 amide bonds. The molecule has 0 unspecified atom stereocenters. The molecular formula is C29H43N3. The number of rotatable bonds is 9. The topological polar surface area (TPSA) is 18.5 Å². The molecule has 1 saturated heterocycles. The molecule has 3 nitrogen and oxygen atoms in total. The Labute approximate surface area is 196 Å². The van der Waals surface area contributed by atoms with Crippen molar-refractivity contribution in [3.8, 4) is 0 Å². The molecule has 0 saturated carbocycles. The van der Waals surface area contributed by atoms with E-state index in [2.05, 4.69) is 99.3 Å². The lowest BCUT2D eigenvalue weighted by molar-refractivity contribution is 0.208. The highest BCUT2D eigenvalue weighted by Crippen LogP contribution is 2.27. The van der Waals surface area contributed by atoms with E-state index in [1.807, 2.05) is 0 Å². The van der Waals surface area contributed by atoms with Crippen molar-refractivity contribution in [3.05, 3.63) is 64.2 Å². The zero-order chi connectivity index (χ0) is 23.1. The number of nitrogens with one attached hydrogen (secondary N) is 1. The summed E-state index contributed by atoms with van der Waals surface area (Å²) in [6.07, 6.45) is 6.03. The van der Waals surface area contributed by atoms with Gasteiger partial charge in [0.25, 0.3) is 0 Å². The number of hydrogen-bond donors (Lipinski definition) is 1. The lowest BCUT2D eigenvalue weighted by Gasteiger charge is -2.38. The summed E-state index contributed by atoms with van der Waals surface area (Å²) in [5.41, 5.74) is 9.41. The highest BCUT2D eigenvalue weighted by atomic mass is 15.2. The molecule has 3 heteroatoms. The lowest BCUT2D eigenvalue weighted by Crippen LogP contribution is -2.45. The fraction of sp³-hybridized carbons (Fsp3) is 0.517. The molecule has 0 radical (unpaired) electrons. The van der Waals surface area contributed by atoms with Crippen LogP contribution in [0.3, 0.4) is 0 Å². The predicted octanol–water partition coefficient (Wildman–Crippen LogP) is 6.07. The standard InChI is InChI=1S/C29H43N3/c1-7-13-30-14-17-31(6)28-11-15-32(16-12-28)29-10-8-9-26(21-29)25(5)20-27-19-23(3)22(2)18-24(27)4/h8-10,18-21,28,30H,7,11-17H2,1-6H3/b25-20+. The molecule has 1 aliphatic rings. The van der Waals surface area contributed by atoms with Gasteiger partial charge in [-0.05, 0) is 106 Å². The van der Waals surface area contributed by atoms with Crippen molar-refractivity contribution < 1.29 is 0 Å². The maximum absolute atomic E-state index is 3.53. The third kappa shape index (κ3) is 6.46. The second kappa shape index (κ2) is 11.7. The predicted molar refractivity (Wildman–Crippen MR) is 142 cm³/mol. The minimum atomic E-state index is 0.701. The van der Waals surface area contributed by atoms with E-state index in [4.69, 9.17) is 0 Å². The smallest absolute Gasteiger partial charge is 0.0372 e. The zero-order valence-corrected chi connectivity index (χ0v) is 21.2. The Bertz CT molecular complexity index is 907. The summed E-state index contributed by atoms with van der Waals surface area (Å²) in [6, 6.07) is 14.4. The third-order valence-electron chi connectivity index (χ3n) is 7.08. The van der Waals surface area contributed by atoms with Crippen molar-refractivity contribution in [1.82, 2.24) is 10.2 Å². The molecule has 0 aromatic heterocycles. The van der Waals surface area contributed by atoms with Crippen molar-refractivity contribution in [2.45, 2.75) is 59.9 Å². The van der Waals surface area contributed by atoms with Crippen LogP contribution in [0.2, 0.25) is 0 Å². The molecule has 1 heterocycles. The van der Waals surface area contributed by atoms with Gasteiger partial charge >= 0.3 is 0 Å². The molecule has 0 atom stereocenters. The Hall–Kier alpha value is -2.10. The van der Waals surface area contributed by atoms with Crippen LogP contribution < -0.4 is 10.2 Å². The SMILES string of the molecule is CCCNCCN(C)C1CCN(c2cccc(/C(C)=C/c3cc(C)c(C)cc3C)c2)CC1. The van der Waals surface area contributed by atoms with E-state index in [0.717, 1.165) is 32.7 Å². The first-order valence-corrected chi connectivity index (χ1v) is 12.4. The van der Waals surface area contributed by atoms with E-state index >= 15 is 0 Å². The van der Waals surface area contributed by atoms with Gasteiger partial charge in [0, 0.05) is 37.9 Å². The lowest BCUT2D eigenvalue weighted by atomic mass is 9.97. The molecule has 2 aromatic rings. The fourth-order valence-corrected chi connectivity index (χ4v) is 4.71. The summed E-state index contributed by atoms with van der Waals surface area (Å²) in [7, 11) is 2.29. The first kappa shape index (κ1) is 24.5. The summed E-state index contributed by atoms with van der Waals surface area (Å²) >= 11 is 0. The quantitative estimate of drug-likeness (QED) is 0.382. The Morgan fingerprint density at radius 2 is 1.75 bits per heavy atom. The van der Waals surface area contributed by atoms with E-state index in [1.54, 1.807) is 0 Å². The van der Waals surface area contributed by atoms with Crippen LogP contribution >= 0.6 is 0 Å². The van der Waals surface area contributed by atoms with Gasteiger partial charge in [0.05, 0.1) is 0 Å². The largest absolute Gasteiger partial charge is 0.371 e. The van der Waals surface area contributed by atoms with Crippen molar-refractivity contribution in [3.63, 3.8) is 0 Å². The average molecular weight is 434 g/mol. The molecule has 0 spiro atoms. The summed E-state index contributed by atoms with van der Waals surface area (Å²) in [6.45, 7) is 16.7. The van der Waals surface area contributed by atoms with Crippen LogP contribution in [-0.2, 0) is 0 Å². The Kier molecular flexibility index (Phi) is 8.95. The van der Waals surface area contributed by atoms with Gasteiger partial charge in [-0.2, -0.15) is 0 Å². The molecule has 0 bridgehead atoms. The molecule has 0 aliphatic carbocycles. The molecule has 2 aromatic carbocycles. The number of nitrogens with zero attached hydrogens (tertiary/aromatic N) is 2. The van der Waals surface area contributed by atoms with Crippen LogP contribution in [0.4, 0.5) is 5.69 Å². The van der Waals surface area contributed by atoms with E-state index in [0.29, 0.717) is 6.04 Å². The molecule has 32 heavy (non-hydrogen) atoms. The van der Waals surface area contributed by atoms with Crippen LogP contribution in [0, 0.1) is 20.8 Å². The number of aryl methyl sites for hydroxylation is 3. The second-order valence-electron chi connectivity index (χ2n) is 9.62. The van der Waals surface area contributed by atoms with Crippen LogP contribution in [0.1, 0.15) is 60.9 Å². The number of piperidine rings is 1. The van der Waals surface area contributed by atoms with E-state index in [1.165, 1.54) is 58.3 Å². The summed E-state index contributed by atoms with van der Waals surface area (Å²) in [4.78, 5) is 5.12. The minimum Gasteiger partial charge on any atom is -0.371 e. The van der Waals surface area contributed by atoms with Crippen molar-refractivity contribution in [2.24, 2.45) is 0 Å². The first-order valence-electron chi connectivity index (χ1n) is 12.4. The molecule has 3 rings (SSSR count). The van der Waals surface area contributed by atoms with E-state index in [-0.39, 0.29) is 0 Å². The van der Waals surface area contributed by atoms with Gasteiger partial charge < -0.3 is 15.1 Å². The Morgan fingerprint density at radius 1 is 1.03 bits per heavy atom. The van der Waals surface area contributed by atoms with Gasteiger partial charge in [-0.15, -0.1) is 0 Å².